The second-order valence-corrected chi connectivity index (χ2v) is 4.61. The molecule has 4 heteroatoms. The minimum absolute atomic E-state index is 0. The van der Waals surface area contributed by atoms with Crippen molar-refractivity contribution in [1.82, 2.24) is 4.90 Å². The van der Waals surface area contributed by atoms with Crippen LogP contribution in [0.5, 0.6) is 0 Å². The van der Waals surface area contributed by atoms with Crippen molar-refractivity contribution in [1.29, 1.82) is 0 Å². The van der Waals surface area contributed by atoms with Crippen molar-refractivity contribution in [3.8, 4) is 0 Å². The zero-order chi connectivity index (χ0) is 11.7. The van der Waals surface area contributed by atoms with E-state index in [-0.39, 0.29) is 30.4 Å². The lowest BCUT2D eigenvalue weighted by Gasteiger charge is -2.22. The van der Waals surface area contributed by atoms with E-state index in [1.54, 1.807) is 0 Å². The van der Waals surface area contributed by atoms with Crippen LogP contribution in [-0.4, -0.2) is 37.0 Å². The molecule has 1 aliphatic rings. The average molecular weight is 255 g/mol. The van der Waals surface area contributed by atoms with Crippen LogP contribution in [0, 0.1) is 0 Å². The molecule has 1 fully saturated rings. The monoisotopic (exact) mass is 254 g/mol. The number of hydrogen-bond acceptors (Lipinski definition) is 2. The maximum absolute atomic E-state index is 12.2. The molecular formula is C13H19ClN2O. The second kappa shape index (κ2) is 5.52. The first kappa shape index (κ1) is 14.0. The summed E-state index contributed by atoms with van der Waals surface area (Å²) in [6, 6.07) is 10.2. The lowest BCUT2D eigenvalue weighted by atomic mass is 10.2. The molecule has 0 saturated carbocycles. The minimum atomic E-state index is 0. The lowest BCUT2D eigenvalue weighted by Crippen LogP contribution is -2.38. The molecule has 94 valence electrons. The summed E-state index contributed by atoms with van der Waals surface area (Å²) in [4.78, 5) is 16.2. The maximum Gasteiger partial charge on any atom is 0.244 e. The van der Waals surface area contributed by atoms with Crippen molar-refractivity contribution in [2.24, 2.45) is 0 Å². The molecule has 0 radical (unpaired) electrons. The molecule has 1 aromatic rings. The van der Waals surface area contributed by atoms with Gasteiger partial charge >= 0.3 is 0 Å². The third-order valence-electron chi connectivity index (χ3n) is 3.19. The highest BCUT2D eigenvalue weighted by molar-refractivity contribution is 6.00. The standard InChI is InChI=1S/C13H18N2O.ClH/c1-10-9-12(14(2)3)13(16)15(10)11-7-5-4-6-8-11;/h4-8,10,12H,9H2,1-3H3;1H/t10-,12+;/m1./s1. The Morgan fingerprint density at radius 1 is 1.24 bits per heavy atom. The average Bonchev–Trinajstić information content (AvgIpc) is 2.56. The Hall–Kier alpha value is -1.06. The summed E-state index contributed by atoms with van der Waals surface area (Å²) in [5.74, 6) is 0.212. The van der Waals surface area contributed by atoms with E-state index in [1.165, 1.54) is 0 Å². The number of hydrogen-bond donors (Lipinski definition) is 0. The molecule has 1 aliphatic heterocycles. The number of para-hydroxylation sites is 1. The van der Waals surface area contributed by atoms with Crippen molar-refractivity contribution < 1.29 is 4.79 Å². The molecule has 1 saturated heterocycles. The molecule has 3 nitrogen and oxygen atoms in total. The quantitative estimate of drug-likeness (QED) is 0.808. The molecule has 0 aromatic heterocycles. The molecule has 2 atom stereocenters. The van der Waals surface area contributed by atoms with Crippen LogP contribution < -0.4 is 4.90 Å². The zero-order valence-corrected chi connectivity index (χ0v) is 11.3. The number of halogens is 1. The van der Waals surface area contributed by atoms with Crippen molar-refractivity contribution in [3.63, 3.8) is 0 Å². The molecule has 1 amide bonds. The van der Waals surface area contributed by atoms with Gasteiger partial charge < -0.3 is 4.90 Å². The van der Waals surface area contributed by atoms with E-state index in [0.717, 1.165) is 12.1 Å². The molecule has 0 unspecified atom stereocenters. The number of carbonyl (C=O) groups excluding carboxylic acids is 1. The van der Waals surface area contributed by atoms with E-state index >= 15 is 0 Å². The van der Waals surface area contributed by atoms with Gasteiger partial charge in [-0.15, -0.1) is 12.4 Å². The van der Waals surface area contributed by atoms with E-state index in [1.807, 2.05) is 54.2 Å². The number of carbonyl (C=O) groups is 1. The first-order valence-electron chi connectivity index (χ1n) is 5.66. The molecule has 0 spiro atoms. The smallest absolute Gasteiger partial charge is 0.244 e. The van der Waals surface area contributed by atoms with Gasteiger partial charge in [0.05, 0.1) is 6.04 Å². The van der Waals surface area contributed by atoms with Gasteiger partial charge in [0.15, 0.2) is 0 Å². The Kier molecular flexibility index (Phi) is 4.54. The maximum atomic E-state index is 12.2. The summed E-state index contributed by atoms with van der Waals surface area (Å²) in [7, 11) is 3.92. The number of likely N-dealkylation sites (N-methyl/N-ethyl adjacent to an activating group) is 1. The van der Waals surface area contributed by atoms with Crippen molar-refractivity contribution in [2.75, 3.05) is 19.0 Å². The molecule has 0 aliphatic carbocycles. The minimum Gasteiger partial charge on any atom is -0.308 e. The summed E-state index contributed by atoms with van der Waals surface area (Å²) in [6.45, 7) is 2.11. The van der Waals surface area contributed by atoms with Gasteiger partial charge in [-0.1, -0.05) is 18.2 Å². The summed E-state index contributed by atoms with van der Waals surface area (Å²) >= 11 is 0. The largest absolute Gasteiger partial charge is 0.308 e. The highest BCUT2D eigenvalue weighted by Crippen LogP contribution is 2.27. The number of nitrogens with zero attached hydrogens (tertiary/aromatic N) is 2. The van der Waals surface area contributed by atoms with Crippen LogP contribution in [0.15, 0.2) is 30.3 Å². The van der Waals surface area contributed by atoms with Gasteiger partial charge in [-0.3, -0.25) is 9.69 Å². The third-order valence-corrected chi connectivity index (χ3v) is 3.19. The van der Waals surface area contributed by atoms with Gasteiger partial charge in [0, 0.05) is 11.7 Å². The molecule has 1 aromatic carbocycles. The van der Waals surface area contributed by atoms with Crippen LogP contribution >= 0.6 is 12.4 Å². The van der Waals surface area contributed by atoms with Gasteiger partial charge in [0.1, 0.15) is 0 Å². The SMILES string of the molecule is C[C@@H]1C[C@H](N(C)C)C(=O)N1c1ccccc1.Cl. The number of amides is 1. The van der Waals surface area contributed by atoms with Gasteiger partial charge in [-0.05, 0) is 39.6 Å². The molecule has 17 heavy (non-hydrogen) atoms. The molecule has 0 bridgehead atoms. The number of benzene rings is 1. The molecule has 2 rings (SSSR count). The molecule has 1 heterocycles. The Morgan fingerprint density at radius 2 is 1.82 bits per heavy atom. The van der Waals surface area contributed by atoms with Crippen molar-refractivity contribution in [3.05, 3.63) is 30.3 Å². The lowest BCUT2D eigenvalue weighted by molar-refractivity contribution is -0.120. The van der Waals surface area contributed by atoms with Crippen molar-refractivity contribution >= 4 is 24.0 Å². The topological polar surface area (TPSA) is 23.6 Å². The fourth-order valence-electron chi connectivity index (χ4n) is 2.31. The predicted molar refractivity (Wildman–Crippen MR) is 72.7 cm³/mol. The van der Waals surface area contributed by atoms with Crippen LogP contribution in [0.25, 0.3) is 0 Å². The summed E-state index contributed by atoms with van der Waals surface area (Å²) in [5, 5.41) is 0. The van der Waals surface area contributed by atoms with Crippen LogP contribution in [0.3, 0.4) is 0 Å². The van der Waals surface area contributed by atoms with E-state index in [9.17, 15) is 4.79 Å². The van der Waals surface area contributed by atoms with Crippen molar-refractivity contribution in [2.45, 2.75) is 25.4 Å². The first-order valence-corrected chi connectivity index (χ1v) is 5.66. The van der Waals surface area contributed by atoms with Crippen LogP contribution in [0.1, 0.15) is 13.3 Å². The number of rotatable bonds is 2. The fourth-order valence-corrected chi connectivity index (χ4v) is 2.31. The van der Waals surface area contributed by atoms with Crippen LogP contribution in [-0.2, 0) is 4.79 Å². The summed E-state index contributed by atoms with van der Waals surface area (Å²) < 4.78 is 0. The number of anilines is 1. The third kappa shape index (κ3) is 2.61. The van der Waals surface area contributed by atoms with Crippen LogP contribution in [0.2, 0.25) is 0 Å². The Morgan fingerprint density at radius 3 is 2.29 bits per heavy atom. The summed E-state index contributed by atoms with van der Waals surface area (Å²) in [5.41, 5.74) is 1.00. The fraction of sp³-hybridized carbons (Fsp3) is 0.462. The summed E-state index contributed by atoms with van der Waals surface area (Å²) in [6.07, 6.45) is 0.903. The van der Waals surface area contributed by atoms with Gasteiger partial charge in [0.25, 0.3) is 0 Å². The Balaban J connectivity index is 0.00000144. The zero-order valence-electron chi connectivity index (χ0n) is 10.5. The first-order chi connectivity index (χ1) is 7.61. The highest BCUT2D eigenvalue weighted by atomic mass is 35.5. The van der Waals surface area contributed by atoms with Gasteiger partial charge in [0.2, 0.25) is 5.91 Å². The van der Waals surface area contributed by atoms with Gasteiger partial charge in [-0.25, -0.2) is 0 Å². The molecular weight excluding hydrogens is 236 g/mol. The Labute approximate surface area is 109 Å². The van der Waals surface area contributed by atoms with Crippen LogP contribution in [0.4, 0.5) is 5.69 Å². The van der Waals surface area contributed by atoms with E-state index in [4.69, 9.17) is 0 Å². The predicted octanol–water partition coefficient (Wildman–Crippen LogP) is 2.16. The van der Waals surface area contributed by atoms with E-state index in [0.29, 0.717) is 0 Å². The highest BCUT2D eigenvalue weighted by Gasteiger charge is 2.38. The van der Waals surface area contributed by atoms with E-state index in [2.05, 4.69) is 6.92 Å². The molecule has 0 N–H and O–H groups in total. The normalized spacial score (nSPS) is 24.0. The van der Waals surface area contributed by atoms with E-state index < -0.39 is 0 Å². The second-order valence-electron chi connectivity index (χ2n) is 4.61. The van der Waals surface area contributed by atoms with Gasteiger partial charge in [-0.2, -0.15) is 0 Å². The Bertz CT molecular complexity index is 380.